The number of amides is 1. The molecule has 2 N–H and O–H groups in total. The summed E-state index contributed by atoms with van der Waals surface area (Å²) in [7, 11) is 0. The standard InChI is InChI=1S/C15H22FN3O2/c1-15(2,3)21-14(20)19-6-4-10(5-7-19)11-9-18-13(17)8-12(11)16/h8-10H,4-7H2,1-3H3,(H2,17,18). The predicted octanol–water partition coefficient (Wildman–Crippen LogP) is 2.92. The number of carbonyl (C=O) groups excluding carboxylic acids is 1. The lowest BCUT2D eigenvalue weighted by molar-refractivity contribution is 0.0204. The lowest BCUT2D eigenvalue weighted by Crippen LogP contribution is -2.41. The molecule has 1 amide bonds. The zero-order chi connectivity index (χ0) is 15.6. The van der Waals surface area contributed by atoms with Gasteiger partial charge in [-0.3, -0.25) is 0 Å². The number of nitrogen functional groups attached to an aromatic ring is 1. The van der Waals surface area contributed by atoms with Gasteiger partial charge in [0.25, 0.3) is 0 Å². The van der Waals surface area contributed by atoms with Gasteiger partial charge in [-0.25, -0.2) is 14.2 Å². The van der Waals surface area contributed by atoms with Crippen molar-refractivity contribution in [2.45, 2.75) is 45.1 Å². The van der Waals surface area contributed by atoms with Gasteiger partial charge in [0.1, 0.15) is 17.2 Å². The van der Waals surface area contributed by atoms with Crippen LogP contribution in [-0.2, 0) is 4.74 Å². The van der Waals surface area contributed by atoms with Crippen molar-refractivity contribution in [3.63, 3.8) is 0 Å². The Labute approximate surface area is 124 Å². The third kappa shape index (κ3) is 4.06. The quantitative estimate of drug-likeness (QED) is 0.865. The third-order valence-electron chi connectivity index (χ3n) is 3.49. The highest BCUT2D eigenvalue weighted by molar-refractivity contribution is 5.68. The van der Waals surface area contributed by atoms with Crippen LogP contribution in [0.2, 0.25) is 0 Å². The minimum Gasteiger partial charge on any atom is -0.444 e. The van der Waals surface area contributed by atoms with Crippen LogP contribution < -0.4 is 5.73 Å². The van der Waals surface area contributed by atoms with Crippen LogP contribution in [0.1, 0.15) is 45.1 Å². The first-order chi connectivity index (χ1) is 9.76. The van der Waals surface area contributed by atoms with Crippen molar-refractivity contribution >= 4 is 11.9 Å². The van der Waals surface area contributed by atoms with Gasteiger partial charge < -0.3 is 15.4 Å². The first-order valence-corrected chi connectivity index (χ1v) is 7.15. The van der Waals surface area contributed by atoms with E-state index in [0.717, 1.165) is 0 Å². The van der Waals surface area contributed by atoms with Crippen molar-refractivity contribution in [2.24, 2.45) is 0 Å². The van der Waals surface area contributed by atoms with Gasteiger partial charge in [0, 0.05) is 30.9 Å². The highest BCUT2D eigenvalue weighted by atomic mass is 19.1. The molecule has 2 rings (SSSR count). The zero-order valence-corrected chi connectivity index (χ0v) is 12.7. The fourth-order valence-electron chi connectivity index (χ4n) is 2.46. The number of pyridine rings is 1. The molecule has 0 bridgehead atoms. The first kappa shape index (κ1) is 15.5. The Morgan fingerprint density at radius 2 is 2.05 bits per heavy atom. The lowest BCUT2D eigenvalue weighted by Gasteiger charge is -2.33. The molecule has 5 nitrogen and oxygen atoms in total. The Morgan fingerprint density at radius 3 is 2.57 bits per heavy atom. The highest BCUT2D eigenvalue weighted by Crippen LogP contribution is 2.30. The molecule has 1 saturated heterocycles. The van der Waals surface area contributed by atoms with Gasteiger partial charge in [-0.2, -0.15) is 0 Å². The van der Waals surface area contributed by atoms with Crippen molar-refractivity contribution in [3.8, 4) is 0 Å². The molecule has 6 heteroatoms. The van der Waals surface area contributed by atoms with Crippen molar-refractivity contribution in [1.29, 1.82) is 0 Å². The maximum absolute atomic E-state index is 13.9. The predicted molar refractivity (Wildman–Crippen MR) is 78.4 cm³/mol. The molecule has 0 spiro atoms. The fourth-order valence-corrected chi connectivity index (χ4v) is 2.46. The average Bonchev–Trinajstić information content (AvgIpc) is 2.37. The Bertz CT molecular complexity index is 520. The molecule has 1 aliphatic rings. The van der Waals surface area contributed by atoms with Crippen LogP contribution in [-0.4, -0.2) is 34.7 Å². The number of nitrogens with zero attached hydrogens (tertiary/aromatic N) is 2. The van der Waals surface area contributed by atoms with E-state index in [0.29, 0.717) is 31.5 Å². The van der Waals surface area contributed by atoms with E-state index in [1.807, 2.05) is 20.8 Å². The third-order valence-corrected chi connectivity index (χ3v) is 3.49. The van der Waals surface area contributed by atoms with E-state index in [2.05, 4.69) is 4.98 Å². The van der Waals surface area contributed by atoms with E-state index in [1.165, 1.54) is 12.3 Å². The normalized spacial score (nSPS) is 16.9. The minimum atomic E-state index is -0.499. The molecule has 21 heavy (non-hydrogen) atoms. The molecule has 116 valence electrons. The number of carbonyl (C=O) groups is 1. The van der Waals surface area contributed by atoms with Crippen LogP contribution in [0.4, 0.5) is 15.0 Å². The summed E-state index contributed by atoms with van der Waals surface area (Å²) in [4.78, 5) is 17.6. The van der Waals surface area contributed by atoms with Crippen molar-refractivity contribution in [3.05, 3.63) is 23.6 Å². The Hall–Kier alpha value is -1.85. The summed E-state index contributed by atoms with van der Waals surface area (Å²) in [6.07, 6.45) is 2.58. The van der Waals surface area contributed by atoms with E-state index >= 15 is 0 Å². The van der Waals surface area contributed by atoms with E-state index in [9.17, 15) is 9.18 Å². The Kier molecular flexibility index (Phi) is 4.34. The smallest absolute Gasteiger partial charge is 0.410 e. The van der Waals surface area contributed by atoms with Crippen LogP contribution >= 0.6 is 0 Å². The molecule has 0 aromatic carbocycles. The molecule has 0 atom stereocenters. The average molecular weight is 295 g/mol. The largest absolute Gasteiger partial charge is 0.444 e. The maximum Gasteiger partial charge on any atom is 0.410 e. The summed E-state index contributed by atoms with van der Waals surface area (Å²) in [5.41, 5.74) is 5.53. The molecule has 1 aromatic heterocycles. The number of likely N-dealkylation sites (tertiary alicyclic amines) is 1. The molecule has 0 radical (unpaired) electrons. The fraction of sp³-hybridized carbons (Fsp3) is 0.600. The lowest BCUT2D eigenvalue weighted by atomic mass is 9.90. The Morgan fingerprint density at radius 1 is 1.43 bits per heavy atom. The number of nitrogens with two attached hydrogens (primary N) is 1. The van der Waals surface area contributed by atoms with Gasteiger partial charge in [0.15, 0.2) is 0 Å². The van der Waals surface area contributed by atoms with Gasteiger partial charge in [-0.1, -0.05) is 0 Å². The van der Waals surface area contributed by atoms with E-state index in [4.69, 9.17) is 10.5 Å². The van der Waals surface area contributed by atoms with Gasteiger partial charge in [0.2, 0.25) is 0 Å². The Balaban J connectivity index is 1.95. The van der Waals surface area contributed by atoms with Crippen molar-refractivity contribution in [1.82, 2.24) is 9.88 Å². The molecular formula is C15H22FN3O2. The molecule has 1 aromatic rings. The molecule has 2 heterocycles. The SMILES string of the molecule is CC(C)(C)OC(=O)N1CCC(c2cnc(N)cc2F)CC1. The topological polar surface area (TPSA) is 68.5 Å². The summed E-state index contributed by atoms with van der Waals surface area (Å²) >= 11 is 0. The number of aromatic nitrogens is 1. The van der Waals surface area contributed by atoms with E-state index < -0.39 is 5.60 Å². The van der Waals surface area contributed by atoms with Crippen molar-refractivity contribution < 1.29 is 13.9 Å². The second kappa shape index (κ2) is 5.87. The van der Waals surface area contributed by atoms with Gasteiger partial charge in [0.05, 0.1) is 0 Å². The highest BCUT2D eigenvalue weighted by Gasteiger charge is 2.28. The maximum atomic E-state index is 13.9. The second-order valence-electron chi connectivity index (χ2n) is 6.37. The molecule has 1 fully saturated rings. The number of rotatable bonds is 1. The number of hydrogen-bond acceptors (Lipinski definition) is 4. The van der Waals surface area contributed by atoms with Crippen LogP contribution in [0.5, 0.6) is 0 Å². The molecule has 0 unspecified atom stereocenters. The van der Waals surface area contributed by atoms with Crippen LogP contribution in [0.3, 0.4) is 0 Å². The minimum absolute atomic E-state index is 0.0665. The van der Waals surface area contributed by atoms with Crippen LogP contribution in [0, 0.1) is 5.82 Å². The second-order valence-corrected chi connectivity index (χ2v) is 6.37. The van der Waals surface area contributed by atoms with Gasteiger partial charge in [-0.15, -0.1) is 0 Å². The number of halogens is 1. The summed E-state index contributed by atoms with van der Waals surface area (Å²) in [6, 6.07) is 1.25. The number of anilines is 1. The van der Waals surface area contributed by atoms with E-state index in [-0.39, 0.29) is 23.6 Å². The molecule has 0 aliphatic carbocycles. The zero-order valence-electron chi connectivity index (χ0n) is 12.7. The number of hydrogen-bond donors (Lipinski definition) is 1. The molecule has 0 saturated carbocycles. The monoisotopic (exact) mass is 295 g/mol. The number of ether oxygens (including phenoxy) is 1. The molecular weight excluding hydrogens is 273 g/mol. The summed E-state index contributed by atoms with van der Waals surface area (Å²) < 4.78 is 19.2. The van der Waals surface area contributed by atoms with Crippen LogP contribution in [0.15, 0.2) is 12.3 Å². The van der Waals surface area contributed by atoms with Crippen molar-refractivity contribution in [2.75, 3.05) is 18.8 Å². The van der Waals surface area contributed by atoms with E-state index in [1.54, 1.807) is 4.90 Å². The van der Waals surface area contributed by atoms with Crippen LogP contribution in [0.25, 0.3) is 0 Å². The summed E-state index contributed by atoms with van der Waals surface area (Å²) in [5, 5.41) is 0. The van der Waals surface area contributed by atoms with Gasteiger partial charge >= 0.3 is 6.09 Å². The molecule has 1 aliphatic heterocycles. The first-order valence-electron chi connectivity index (χ1n) is 7.15. The van der Waals surface area contributed by atoms with Gasteiger partial charge in [-0.05, 0) is 39.5 Å². The number of piperidine rings is 1. The summed E-state index contributed by atoms with van der Waals surface area (Å²) in [5.74, 6) is -0.0718. The summed E-state index contributed by atoms with van der Waals surface area (Å²) in [6.45, 7) is 6.64.